The van der Waals surface area contributed by atoms with Crippen molar-refractivity contribution in [1.82, 2.24) is 9.80 Å². The first-order valence-electron chi connectivity index (χ1n) is 8.33. The summed E-state index contributed by atoms with van der Waals surface area (Å²) in [5.41, 5.74) is 0.617. The molecule has 2 aromatic rings. The lowest BCUT2D eigenvalue weighted by molar-refractivity contribution is 0.0561. The Morgan fingerprint density at radius 1 is 1.12 bits per heavy atom. The standard InChI is InChI=1S/C18H20N2O4/c1-12-14(6-9-23-12)17(21)20-7-2-4-13-10-19(11-15(13)20)18(22)16-5-3-8-24-16/h3,5-6,8-9,13,15H,2,4,7,10-11H2,1H3/t13-,15+/m1/s1. The number of fused-ring (bicyclic) bond motifs is 1. The third-order valence-electron chi connectivity index (χ3n) is 5.15. The minimum atomic E-state index is -0.0960. The lowest BCUT2D eigenvalue weighted by atomic mass is 9.91. The van der Waals surface area contributed by atoms with Crippen LogP contribution in [0.1, 0.15) is 39.5 Å². The number of likely N-dealkylation sites (tertiary alicyclic amines) is 2. The molecule has 4 heterocycles. The molecule has 6 nitrogen and oxygen atoms in total. The number of aryl methyl sites for hydroxylation is 1. The van der Waals surface area contributed by atoms with Gasteiger partial charge in [0.25, 0.3) is 11.8 Å². The van der Waals surface area contributed by atoms with E-state index < -0.39 is 0 Å². The summed E-state index contributed by atoms with van der Waals surface area (Å²) in [6.45, 7) is 3.77. The van der Waals surface area contributed by atoms with Crippen LogP contribution in [0.15, 0.2) is 39.6 Å². The first-order valence-corrected chi connectivity index (χ1v) is 8.33. The van der Waals surface area contributed by atoms with Crippen LogP contribution in [0.3, 0.4) is 0 Å². The number of amides is 2. The van der Waals surface area contributed by atoms with Gasteiger partial charge in [0.15, 0.2) is 5.76 Å². The molecule has 0 aliphatic carbocycles. The van der Waals surface area contributed by atoms with Crippen LogP contribution in [0.4, 0.5) is 0 Å². The summed E-state index contributed by atoms with van der Waals surface area (Å²) < 4.78 is 10.5. The second kappa shape index (κ2) is 5.85. The first-order chi connectivity index (χ1) is 11.6. The highest BCUT2D eigenvalue weighted by Gasteiger charge is 2.43. The van der Waals surface area contributed by atoms with E-state index in [0.717, 1.165) is 19.4 Å². The van der Waals surface area contributed by atoms with E-state index >= 15 is 0 Å². The van der Waals surface area contributed by atoms with Crippen molar-refractivity contribution in [3.63, 3.8) is 0 Å². The second-order valence-electron chi connectivity index (χ2n) is 6.55. The van der Waals surface area contributed by atoms with Crippen molar-refractivity contribution in [2.45, 2.75) is 25.8 Å². The van der Waals surface area contributed by atoms with Gasteiger partial charge in [-0.05, 0) is 43.9 Å². The molecule has 2 aliphatic rings. The summed E-state index contributed by atoms with van der Waals surface area (Å²) in [5.74, 6) is 1.24. The summed E-state index contributed by atoms with van der Waals surface area (Å²) in [4.78, 5) is 29.1. The molecule has 0 unspecified atom stereocenters. The topological polar surface area (TPSA) is 66.9 Å². The van der Waals surface area contributed by atoms with Gasteiger partial charge in [0, 0.05) is 19.6 Å². The number of carbonyl (C=O) groups is 2. The normalized spacial score (nSPS) is 23.4. The van der Waals surface area contributed by atoms with Crippen molar-refractivity contribution in [2.75, 3.05) is 19.6 Å². The Morgan fingerprint density at radius 3 is 2.71 bits per heavy atom. The van der Waals surface area contributed by atoms with Gasteiger partial charge in [0.05, 0.1) is 24.1 Å². The van der Waals surface area contributed by atoms with E-state index in [0.29, 0.717) is 36.1 Å². The first kappa shape index (κ1) is 15.1. The van der Waals surface area contributed by atoms with Gasteiger partial charge in [-0.15, -0.1) is 0 Å². The number of hydrogen-bond donors (Lipinski definition) is 0. The Kier molecular flexibility index (Phi) is 3.67. The van der Waals surface area contributed by atoms with Gasteiger partial charge in [0.1, 0.15) is 5.76 Å². The van der Waals surface area contributed by atoms with Crippen LogP contribution >= 0.6 is 0 Å². The average molecular weight is 328 g/mol. The lowest BCUT2D eigenvalue weighted by Gasteiger charge is -2.36. The Labute approximate surface area is 140 Å². The highest BCUT2D eigenvalue weighted by atomic mass is 16.3. The van der Waals surface area contributed by atoms with E-state index in [1.807, 2.05) is 9.80 Å². The Hall–Kier alpha value is -2.50. The van der Waals surface area contributed by atoms with E-state index in [4.69, 9.17) is 8.83 Å². The summed E-state index contributed by atoms with van der Waals surface area (Å²) in [7, 11) is 0. The zero-order chi connectivity index (χ0) is 16.7. The number of rotatable bonds is 2. The van der Waals surface area contributed by atoms with Crippen LogP contribution in [-0.2, 0) is 0 Å². The molecule has 126 valence electrons. The quantitative estimate of drug-likeness (QED) is 0.850. The van der Waals surface area contributed by atoms with Crippen LogP contribution in [0.25, 0.3) is 0 Å². The molecule has 0 N–H and O–H groups in total. The number of hydrogen-bond acceptors (Lipinski definition) is 4. The van der Waals surface area contributed by atoms with Crippen molar-refractivity contribution < 1.29 is 18.4 Å². The number of nitrogens with zero attached hydrogens (tertiary/aromatic N) is 2. The molecule has 2 aromatic heterocycles. The molecule has 2 saturated heterocycles. The van der Waals surface area contributed by atoms with Crippen LogP contribution < -0.4 is 0 Å². The third kappa shape index (κ3) is 2.42. The predicted octanol–water partition coefficient (Wildman–Crippen LogP) is 2.56. The predicted molar refractivity (Wildman–Crippen MR) is 85.6 cm³/mol. The third-order valence-corrected chi connectivity index (χ3v) is 5.15. The minimum absolute atomic E-state index is 0.00301. The average Bonchev–Trinajstić information content (AvgIpc) is 3.32. The van der Waals surface area contributed by atoms with Gasteiger partial charge in [-0.2, -0.15) is 0 Å². The van der Waals surface area contributed by atoms with Gasteiger partial charge < -0.3 is 18.6 Å². The fourth-order valence-corrected chi connectivity index (χ4v) is 3.92. The van der Waals surface area contributed by atoms with Gasteiger partial charge in [-0.1, -0.05) is 0 Å². The van der Waals surface area contributed by atoms with E-state index in [1.165, 1.54) is 6.26 Å². The van der Waals surface area contributed by atoms with Gasteiger partial charge in [0.2, 0.25) is 0 Å². The molecule has 0 saturated carbocycles. The summed E-state index contributed by atoms with van der Waals surface area (Å²) in [6.07, 6.45) is 5.06. The fourth-order valence-electron chi connectivity index (χ4n) is 3.92. The maximum Gasteiger partial charge on any atom is 0.289 e. The Bertz CT molecular complexity index is 749. The number of piperidine rings is 1. The van der Waals surface area contributed by atoms with E-state index in [9.17, 15) is 9.59 Å². The minimum Gasteiger partial charge on any atom is -0.469 e. The van der Waals surface area contributed by atoms with Crippen molar-refractivity contribution >= 4 is 11.8 Å². The second-order valence-corrected chi connectivity index (χ2v) is 6.55. The zero-order valence-corrected chi connectivity index (χ0v) is 13.6. The molecule has 2 aliphatic heterocycles. The van der Waals surface area contributed by atoms with Crippen molar-refractivity contribution in [1.29, 1.82) is 0 Å². The van der Waals surface area contributed by atoms with Crippen LogP contribution in [0.2, 0.25) is 0 Å². The smallest absolute Gasteiger partial charge is 0.289 e. The molecule has 0 bridgehead atoms. The number of carbonyl (C=O) groups excluding carboxylic acids is 2. The Balaban J connectivity index is 1.54. The molecular formula is C18H20N2O4. The Morgan fingerprint density at radius 2 is 2.00 bits per heavy atom. The SMILES string of the molecule is Cc1occc1C(=O)N1CCC[C@@H]2CN(C(=O)c3ccco3)C[C@@H]21. The largest absolute Gasteiger partial charge is 0.469 e. The maximum absolute atomic E-state index is 12.9. The van der Waals surface area contributed by atoms with Crippen LogP contribution in [-0.4, -0.2) is 47.3 Å². The fraction of sp³-hybridized carbons (Fsp3) is 0.444. The van der Waals surface area contributed by atoms with E-state index in [1.54, 1.807) is 31.4 Å². The van der Waals surface area contributed by atoms with Crippen LogP contribution in [0, 0.1) is 12.8 Å². The molecule has 4 rings (SSSR count). The molecular weight excluding hydrogens is 308 g/mol. The van der Waals surface area contributed by atoms with Gasteiger partial charge in [-0.3, -0.25) is 9.59 Å². The summed E-state index contributed by atoms with van der Waals surface area (Å²) >= 11 is 0. The highest BCUT2D eigenvalue weighted by molar-refractivity contribution is 5.96. The molecule has 6 heteroatoms. The summed E-state index contributed by atoms with van der Waals surface area (Å²) in [6, 6.07) is 5.19. The lowest BCUT2D eigenvalue weighted by Crippen LogP contribution is -2.48. The van der Waals surface area contributed by atoms with Crippen molar-refractivity contribution in [3.8, 4) is 0 Å². The molecule has 2 atom stereocenters. The number of furan rings is 2. The van der Waals surface area contributed by atoms with E-state index in [-0.39, 0.29) is 17.9 Å². The van der Waals surface area contributed by atoms with Gasteiger partial charge in [-0.25, -0.2) is 0 Å². The molecule has 0 radical (unpaired) electrons. The summed E-state index contributed by atoms with van der Waals surface area (Å²) in [5, 5.41) is 0. The van der Waals surface area contributed by atoms with Crippen molar-refractivity contribution in [2.24, 2.45) is 5.92 Å². The molecule has 2 amide bonds. The van der Waals surface area contributed by atoms with Crippen molar-refractivity contribution in [3.05, 3.63) is 47.8 Å². The monoisotopic (exact) mass is 328 g/mol. The molecule has 24 heavy (non-hydrogen) atoms. The molecule has 2 fully saturated rings. The van der Waals surface area contributed by atoms with Crippen LogP contribution in [0.5, 0.6) is 0 Å². The van der Waals surface area contributed by atoms with E-state index in [2.05, 4.69) is 0 Å². The molecule has 0 spiro atoms. The highest BCUT2D eigenvalue weighted by Crippen LogP contribution is 2.32. The zero-order valence-electron chi connectivity index (χ0n) is 13.6. The maximum atomic E-state index is 12.9. The van der Waals surface area contributed by atoms with Gasteiger partial charge >= 0.3 is 0 Å². The molecule has 0 aromatic carbocycles.